The van der Waals surface area contributed by atoms with Crippen molar-refractivity contribution in [3.05, 3.63) is 0 Å². The van der Waals surface area contributed by atoms with Crippen molar-refractivity contribution in [2.24, 2.45) is 17.3 Å². The fourth-order valence-corrected chi connectivity index (χ4v) is 5.24. The summed E-state index contributed by atoms with van der Waals surface area (Å²) in [6.07, 6.45) is 13.4. The van der Waals surface area contributed by atoms with Crippen LogP contribution in [0.3, 0.4) is 0 Å². The molecule has 2 saturated heterocycles. The van der Waals surface area contributed by atoms with Gasteiger partial charge in [0.05, 0.1) is 0 Å². The molecule has 1 unspecified atom stereocenters. The summed E-state index contributed by atoms with van der Waals surface area (Å²) in [6.45, 7) is 5.26. The van der Waals surface area contributed by atoms with E-state index < -0.39 is 0 Å². The molecule has 0 aromatic heterocycles. The van der Waals surface area contributed by atoms with Gasteiger partial charge >= 0.3 is 0 Å². The SMILES string of the molecule is CN1CCC(C2(C3CCCCC3)CCCNC2)CC1. The van der Waals surface area contributed by atoms with E-state index in [9.17, 15) is 0 Å². The molecule has 19 heavy (non-hydrogen) atoms. The molecule has 0 aromatic rings. The van der Waals surface area contributed by atoms with Crippen molar-refractivity contribution in [2.45, 2.75) is 57.8 Å². The fourth-order valence-electron chi connectivity index (χ4n) is 5.24. The van der Waals surface area contributed by atoms with Crippen LogP contribution in [0.1, 0.15) is 57.8 Å². The molecule has 0 aromatic carbocycles. The standard InChI is InChI=1S/C17H32N2/c1-19-12-8-16(9-13-19)17(10-5-11-18-14-17)15-6-3-2-4-7-15/h15-16,18H,2-14H2,1H3. The maximum absolute atomic E-state index is 3.77. The van der Waals surface area contributed by atoms with Crippen LogP contribution in [0, 0.1) is 17.3 Å². The van der Waals surface area contributed by atoms with Crippen molar-refractivity contribution in [1.82, 2.24) is 10.2 Å². The maximum atomic E-state index is 3.77. The molecule has 3 aliphatic rings. The van der Waals surface area contributed by atoms with Crippen molar-refractivity contribution in [2.75, 3.05) is 33.2 Å². The summed E-state index contributed by atoms with van der Waals surface area (Å²) in [5.74, 6) is 2.03. The molecule has 0 bridgehead atoms. The molecule has 1 saturated carbocycles. The van der Waals surface area contributed by atoms with Crippen molar-refractivity contribution in [3.8, 4) is 0 Å². The second kappa shape index (κ2) is 6.13. The Hall–Kier alpha value is -0.0800. The molecule has 1 aliphatic carbocycles. The molecule has 2 heterocycles. The zero-order valence-electron chi connectivity index (χ0n) is 12.8. The van der Waals surface area contributed by atoms with Gasteiger partial charge in [0.1, 0.15) is 0 Å². The van der Waals surface area contributed by atoms with Crippen LogP contribution in [-0.4, -0.2) is 38.1 Å². The van der Waals surface area contributed by atoms with E-state index in [1.165, 1.54) is 84.0 Å². The number of nitrogens with one attached hydrogen (secondary N) is 1. The van der Waals surface area contributed by atoms with Gasteiger partial charge in [-0.3, -0.25) is 0 Å². The van der Waals surface area contributed by atoms with Gasteiger partial charge in [0, 0.05) is 6.54 Å². The third kappa shape index (κ3) is 2.85. The second-order valence-corrected chi connectivity index (χ2v) is 7.43. The van der Waals surface area contributed by atoms with E-state index in [4.69, 9.17) is 0 Å². The number of rotatable bonds is 2. The zero-order valence-corrected chi connectivity index (χ0v) is 12.8. The van der Waals surface area contributed by atoms with Gasteiger partial charge in [0.15, 0.2) is 0 Å². The van der Waals surface area contributed by atoms with E-state index in [1.807, 2.05) is 0 Å². The quantitative estimate of drug-likeness (QED) is 0.823. The molecule has 0 amide bonds. The van der Waals surface area contributed by atoms with Crippen molar-refractivity contribution < 1.29 is 0 Å². The van der Waals surface area contributed by atoms with Crippen LogP contribution in [-0.2, 0) is 0 Å². The Morgan fingerprint density at radius 3 is 2.21 bits per heavy atom. The topological polar surface area (TPSA) is 15.3 Å². The molecule has 0 radical (unpaired) electrons. The highest BCUT2D eigenvalue weighted by Gasteiger charge is 2.46. The van der Waals surface area contributed by atoms with Gasteiger partial charge in [0.2, 0.25) is 0 Å². The van der Waals surface area contributed by atoms with Gasteiger partial charge in [0.25, 0.3) is 0 Å². The first-order chi connectivity index (χ1) is 9.31. The summed E-state index contributed by atoms with van der Waals surface area (Å²) in [7, 11) is 2.29. The molecule has 1 N–H and O–H groups in total. The van der Waals surface area contributed by atoms with E-state index in [0.29, 0.717) is 5.41 Å². The molecule has 3 fully saturated rings. The number of hydrogen-bond donors (Lipinski definition) is 1. The minimum absolute atomic E-state index is 0.667. The number of nitrogens with zero attached hydrogens (tertiary/aromatic N) is 1. The molecular formula is C17H32N2. The summed E-state index contributed by atoms with van der Waals surface area (Å²) >= 11 is 0. The maximum Gasteiger partial charge on any atom is 0.00131 e. The number of likely N-dealkylation sites (tertiary alicyclic amines) is 1. The summed E-state index contributed by atoms with van der Waals surface area (Å²) in [5, 5.41) is 3.77. The van der Waals surface area contributed by atoms with E-state index in [-0.39, 0.29) is 0 Å². The average Bonchev–Trinajstić information content (AvgIpc) is 2.49. The molecular weight excluding hydrogens is 232 g/mol. The summed E-state index contributed by atoms with van der Waals surface area (Å²) in [5.41, 5.74) is 0.667. The van der Waals surface area contributed by atoms with Crippen LogP contribution >= 0.6 is 0 Å². The Labute approximate surface area is 119 Å². The van der Waals surface area contributed by atoms with Crippen LogP contribution < -0.4 is 5.32 Å². The smallest absolute Gasteiger partial charge is 0.00131 e. The lowest BCUT2D eigenvalue weighted by Gasteiger charge is -2.52. The Morgan fingerprint density at radius 1 is 0.895 bits per heavy atom. The van der Waals surface area contributed by atoms with Gasteiger partial charge in [-0.1, -0.05) is 19.3 Å². The predicted molar refractivity (Wildman–Crippen MR) is 81.3 cm³/mol. The predicted octanol–water partition coefficient (Wildman–Crippen LogP) is 3.28. The van der Waals surface area contributed by atoms with E-state index in [0.717, 1.165) is 11.8 Å². The Bertz CT molecular complexity index is 269. The van der Waals surface area contributed by atoms with Crippen LogP contribution in [0.25, 0.3) is 0 Å². The minimum atomic E-state index is 0.667. The van der Waals surface area contributed by atoms with E-state index >= 15 is 0 Å². The summed E-state index contributed by atoms with van der Waals surface area (Å²) in [4.78, 5) is 2.53. The lowest BCUT2D eigenvalue weighted by molar-refractivity contribution is -0.0107. The molecule has 2 aliphatic heterocycles. The normalized spacial score (nSPS) is 36.5. The average molecular weight is 264 g/mol. The lowest BCUT2D eigenvalue weighted by atomic mass is 9.57. The van der Waals surface area contributed by atoms with Crippen molar-refractivity contribution in [3.63, 3.8) is 0 Å². The Balaban J connectivity index is 1.75. The van der Waals surface area contributed by atoms with Crippen molar-refractivity contribution >= 4 is 0 Å². The number of piperidine rings is 2. The first-order valence-electron chi connectivity index (χ1n) is 8.70. The van der Waals surface area contributed by atoms with Gasteiger partial charge in [-0.2, -0.15) is 0 Å². The number of hydrogen-bond acceptors (Lipinski definition) is 2. The highest BCUT2D eigenvalue weighted by molar-refractivity contribution is 4.98. The fraction of sp³-hybridized carbons (Fsp3) is 1.00. The van der Waals surface area contributed by atoms with Gasteiger partial charge in [-0.25, -0.2) is 0 Å². The lowest BCUT2D eigenvalue weighted by Crippen LogP contribution is -2.52. The van der Waals surface area contributed by atoms with Gasteiger partial charge in [-0.05, 0) is 82.5 Å². The first kappa shape index (κ1) is 13.9. The molecule has 0 spiro atoms. The highest BCUT2D eigenvalue weighted by atomic mass is 15.1. The van der Waals surface area contributed by atoms with Crippen LogP contribution in [0.2, 0.25) is 0 Å². The molecule has 2 heteroatoms. The third-order valence-corrected chi connectivity index (χ3v) is 6.40. The Kier molecular flexibility index (Phi) is 4.48. The summed E-state index contributed by atoms with van der Waals surface area (Å²) < 4.78 is 0. The van der Waals surface area contributed by atoms with E-state index in [2.05, 4.69) is 17.3 Å². The first-order valence-corrected chi connectivity index (χ1v) is 8.70. The third-order valence-electron chi connectivity index (χ3n) is 6.40. The molecule has 1 atom stereocenters. The molecule has 3 rings (SSSR count). The van der Waals surface area contributed by atoms with Crippen LogP contribution in [0.15, 0.2) is 0 Å². The van der Waals surface area contributed by atoms with Gasteiger partial charge in [-0.15, -0.1) is 0 Å². The molecule has 2 nitrogen and oxygen atoms in total. The van der Waals surface area contributed by atoms with Crippen molar-refractivity contribution in [1.29, 1.82) is 0 Å². The highest BCUT2D eigenvalue weighted by Crippen LogP contribution is 2.50. The Morgan fingerprint density at radius 2 is 1.58 bits per heavy atom. The van der Waals surface area contributed by atoms with E-state index in [1.54, 1.807) is 0 Å². The molecule has 110 valence electrons. The van der Waals surface area contributed by atoms with Crippen LogP contribution in [0.5, 0.6) is 0 Å². The monoisotopic (exact) mass is 264 g/mol. The zero-order chi connectivity index (χ0) is 13.1. The van der Waals surface area contributed by atoms with Crippen LogP contribution in [0.4, 0.5) is 0 Å². The largest absolute Gasteiger partial charge is 0.316 e. The van der Waals surface area contributed by atoms with Gasteiger partial charge < -0.3 is 10.2 Å². The minimum Gasteiger partial charge on any atom is -0.316 e. The second-order valence-electron chi connectivity index (χ2n) is 7.43. The summed E-state index contributed by atoms with van der Waals surface area (Å²) in [6, 6.07) is 0.